The summed E-state index contributed by atoms with van der Waals surface area (Å²) in [6, 6.07) is 17.2. The number of nitrogens with two attached hydrogens (primary N) is 2. The first kappa shape index (κ1) is 58.0. The van der Waals surface area contributed by atoms with E-state index in [-0.39, 0.29) is 44.4 Å². The first-order chi connectivity index (χ1) is 34.8. The van der Waals surface area contributed by atoms with E-state index in [0.29, 0.717) is 28.1 Å². The topological polar surface area (TPSA) is 330 Å². The van der Waals surface area contributed by atoms with Gasteiger partial charge in [-0.3, -0.25) is 43.2 Å². The third-order valence-corrected chi connectivity index (χ3v) is 12.2. The van der Waals surface area contributed by atoms with E-state index < -0.39 is 108 Å². The molecule has 0 fully saturated rings. The highest BCUT2D eigenvalue weighted by atomic mass is 32.2. The van der Waals surface area contributed by atoms with Crippen LogP contribution in [0, 0.1) is 5.92 Å². The monoisotopic (exact) mass is 1030 g/mol. The van der Waals surface area contributed by atoms with E-state index in [4.69, 9.17) is 11.5 Å². The predicted octanol–water partition coefficient (Wildman–Crippen LogP) is 0.134. The molecule has 0 spiro atoms. The fourth-order valence-corrected chi connectivity index (χ4v) is 8.18. The Bertz CT molecular complexity index is 2450. The van der Waals surface area contributed by atoms with Crippen molar-refractivity contribution in [3.8, 4) is 0 Å². The Morgan fingerprint density at radius 1 is 0.658 bits per heavy atom. The third-order valence-electron chi connectivity index (χ3n) is 11.6. The molecular weight excluding hydrogens is 959 g/mol. The number of hydrogen-bond acceptors (Lipinski definition) is 12. The van der Waals surface area contributed by atoms with Crippen LogP contribution in [0.4, 0.5) is 0 Å². The SMILES string of the molecule is CSCC[C@H](NC(=O)[C@H](CC(C)C)NC(=O)CNC(=O)[C@H](Cc1ccccc1)N(C)C(=O)[C@H](Cc1ccccc1)NC(=O)[C@H](Cc1ccccc1)NC(=O)[C@H](CC(=O)O)NC(=O)[C@@H](N)Cc1cnc[nH]1)C(N)=O. The van der Waals surface area contributed by atoms with Crippen LogP contribution >= 0.6 is 11.8 Å². The molecule has 3 aromatic carbocycles. The molecular formula is C51H67N11O10S. The number of carbonyl (C=O) groups is 9. The molecule has 8 amide bonds. The van der Waals surface area contributed by atoms with Crippen molar-refractivity contribution in [1.82, 2.24) is 46.8 Å². The maximum Gasteiger partial charge on any atom is 0.305 e. The lowest BCUT2D eigenvalue weighted by atomic mass is 9.99. The fourth-order valence-electron chi connectivity index (χ4n) is 7.71. The van der Waals surface area contributed by atoms with E-state index in [0.717, 1.165) is 4.90 Å². The van der Waals surface area contributed by atoms with Crippen molar-refractivity contribution in [1.29, 1.82) is 0 Å². The van der Waals surface area contributed by atoms with E-state index in [9.17, 15) is 48.3 Å². The van der Waals surface area contributed by atoms with Crippen molar-refractivity contribution in [3.05, 3.63) is 126 Å². The van der Waals surface area contributed by atoms with E-state index in [1.54, 1.807) is 91.0 Å². The highest BCUT2D eigenvalue weighted by Crippen LogP contribution is 2.15. The number of carbonyl (C=O) groups excluding carboxylic acids is 8. The summed E-state index contributed by atoms with van der Waals surface area (Å²) in [5, 5.41) is 25.4. The number of nitrogens with one attached hydrogen (secondary N) is 7. The van der Waals surface area contributed by atoms with Gasteiger partial charge in [-0.15, -0.1) is 0 Å². The van der Waals surface area contributed by atoms with Crippen LogP contribution in [0.5, 0.6) is 0 Å². The number of likely N-dealkylation sites (N-methyl/N-ethyl adjacent to an activating group) is 1. The average molecular weight is 1030 g/mol. The summed E-state index contributed by atoms with van der Waals surface area (Å²) in [7, 11) is 1.38. The molecule has 73 heavy (non-hydrogen) atoms. The van der Waals surface area contributed by atoms with Gasteiger partial charge in [0.25, 0.3) is 0 Å². The molecule has 7 atom stereocenters. The average Bonchev–Trinajstić information content (AvgIpc) is 3.88. The van der Waals surface area contributed by atoms with E-state index in [1.165, 1.54) is 31.3 Å². The smallest absolute Gasteiger partial charge is 0.305 e. The number of thioether (sulfide) groups is 1. The molecule has 12 N–H and O–H groups in total. The van der Waals surface area contributed by atoms with Gasteiger partial charge in [-0.1, -0.05) is 105 Å². The van der Waals surface area contributed by atoms with Gasteiger partial charge in [0.2, 0.25) is 47.3 Å². The summed E-state index contributed by atoms with van der Waals surface area (Å²) in [5.74, 6) is -7.12. The van der Waals surface area contributed by atoms with Crippen LogP contribution < -0.4 is 43.4 Å². The molecule has 0 aliphatic rings. The number of benzene rings is 3. The quantitative estimate of drug-likeness (QED) is 0.0333. The zero-order valence-corrected chi connectivity index (χ0v) is 42.2. The summed E-state index contributed by atoms with van der Waals surface area (Å²) in [5.41, 5.74) is 14.0. The maximum absolute atomic E-state index is 14.9. The normalized spacial score (nSPS) is 13.9. The van der Waals surface area contributed by atoms with E-state index in [1.807, 2.05) is 20.1 Å². The number of imidazole rings is 1. The van der Waals surface area contributed by atoms with Crippen LogP contribution in [0.15, 0.2) is 104 Å². The number of aliphatic carboxylic acids is 1. The van der Waals surface area contributed by atoms with Crippen LogP contribution in [-0.2, 0) is 68.8 Å². The summed E-state index contributed by atoms with van der Waals surface area (Å²) >= 11 is 1.47. The number of rotatable bonds is 30. The van der Waals surface area contributed by atoms with Gasteiger partial charge in [0, 0.05) is 44.6 Å². The second kappa shape index (κ2) is 29.7. The molecule has 0 saturated heterocycles. The molecule has 4 aromatic rings. The van der Waals surface area contributed by atoms with Gasteiger partial charge in [-0.25, -0.2) is 4.98 Å². The van der Waals surface area contributed by atoms with Crippen molar-refractivity contribution in [2.45, 2.75) is 101 Å². The van der Waals surface area contributed by atoms with Crippen molar-refractivity contribution in [2.24, 2.45) is 17.4 Å². The molecule has 0 bridgehead atoms. The highest BCUT2D eigenvalue weighted by molar-refractivity contribution is 7.98. The first-order valence-electron chi connectivity index (χ1n) is 23.7. The Balaban J connectivity index is 1.60. The Morgan fingerprint density at radius 3 is 1.68 bits per heavy atom. The van der Waals surface area contributed by atoms with Gasteiger partial charge in [0.15, 0.2) is 0 Å². The Hall–Kier alpha value is -7.59. The molecule has 392 valence electrons. The van der Waals surface area contributed by atoms with E-state index in [2.05, 4.69) is 41.9 Å². The molecule has 4 rings (SSSR count). The first-order valence-corrected chi connectivity index (χ1v) is 25.1. The molecule has 0 unspecified atom stereocenters. The second-order valence-corrected chi connectivity index (χ2v) is 18.9. The highest BCUT2D eigenvalue weighted by Gasteiger charge is 2.36. The number of hydrogen-bond donors (Lipinski definition) is 10. The molecule has 1 heterocycles. The van der Waals surface area contributed by atoms with Gasteiger partial charge in [-0.05, 0) is 47.5 Å². The lowest BCUT2D eigenvalue weighted by Crippen LogP contribution is -2.60. The van der Waals surface area contributed by atoms with E-state index >= 15 is 0 Å². The lowest BCUT2D eigenvalue weighted by molar-refractivity contribution is -0.143. The molecule has 22 heteroatoms. The van der Waals surface area contributed by atoms with Gasteiger partial charge in [0.05, 0.1) is 25.3 Å². The van der Waals surface area contributed by atoms with Crippen molar-refractivity contribution in [2.75, 3.05) is 25.6 Å². The number of primary amides is 1. The number of amides is 8. The minimum absolute atomic E-state index is 0.000362. The summed E-state index contributed by atoms with van der Waals surface area (Å²) in [4.78, 5) is 130. The molecule has 0 aliphatic heterocycles. The van der Waals surface area contributed by atoms with Crippen LogP contribution in [0.25, 0.3) is 0 Å². The third kappa shape index (κ3) is 19.9. The summed E-state index contributed by atoms with van der Waals surface area (Å²) in [6.45, 7) is 3.11. The minimum atomic E-state index is -1.67. The molecule has 0 radical (unpaired) electrons. The number of nitrogens with zero attached hydrogens (tertiary/aromatic N) is 2. The zero-order chi connectivity index (χ0) is 53.5. The molecule has 0 aliphatic carbocycles. The number of carboxylic acids is 1. The number of aromatic amines is 1. The lowest BCUT2D eigenvalue weighted by Gasteiger charge is -2.32. The zero-order valence-electron chi connectivity index (χ0n) is 41.4. The van der Waals surface area contributed by atoms with Crippen LogP contribution in [0.3, 0.4) is 0 Å². The molecule has 1 aromatic heterocycles. The Kier molecular flexibility index (Phi) is 23.6. The van der Waals surface area contributed by atoms with Crippen LogP contribution in [0.2, 0.25) is 0 Å². The standard InChI is InChI=1S/C51H67N11O10S/c1-31(2)22-38(47(68)58-37(45(53)66)20-21-73-4)57-43(63)29-55-50(71)42(25-34-18-12-7-13-19-34)62(3)51(72)41(24-33-16-10-6-11-17-33)61-48(69)39(23-32-14-8-5-9-15-32)60-49(70)40(27-44(64)65)59-46(67)36(52)26-35-28-54-30-56-35/h5-19,28,30-31,36-42H,20-27,29,52H2,1-4H3,(H2,53,66)(H,54,56)(H,55,71)(H,57,63)(H,58,68)(H,59,67)(H,60,70)(H,61,69)(H,64,65)/t36-,37-,38-,39-,40-,41-,42-/m0/s1. The maximum atomic E-state index is 14.9. The number of aromatic nitrogens is 2. The van der Waals surface area contributed by atoms with Crippen LogP contribution in [0.1, 0.15) is 55.5 Å². The van der Waals surface area contributed by atoms with Gasteiger partial charge in [-0.2, -0.15) is 11.8 Å². The van der Waals surface area contributed by atoms with Crippen molar-refractivity contribution >= 4 is 65.0 Å². The van der Waals surface area contributed by atoms with Crippen molar-refractivity contribution in [3.63, 3.8) is 0 Å². The van der Waals surface area contributed by atoms with Gasteiger partial charge < -0.3 is 58.4 Å². The predicted molar refractivity (Wildman–Crippen MR) is 274 cm³/mol. The van der Waals surface area contributed by atoms with Gasteiger partial charge >= 0.3 is 5.97 Å². The van der Waals surface area contributed by atoms with Crippen molar-refractivity contribution < 1.29 is 48.3 Å². The van der Waals surface area contributed by atoms with Crippen LogP contribution in [-0.4, -0.2) is 141 Å². The summed E-state index contributed by atoms with van der Waals surface area (Å²) < 4.78 is 0. The number of H-pyrrole nitrogens is 1. The second-order valence-electron chi connectivity index (χ2n) is 17.9. The Morgan fingerprint density at radius 2 is 1.16 bits per heavy atom. The minimum Gasteiger partial charge on any atom is -0.481 e. The molecule has 21 nitrogen and oxygen atoms in total. The Labute approximate surface area is 428 Å². The number of carboxylic acid groups (broad SMARTS) is 1. The van der Waals surface area contributed by atoms with Gasteiger partial charge in [0.1, 0.15) is 36.3 Å². The summed E-state index contributed by atoms with van der Waals surface area (Å²) in [6.07, 6.45) is 4.11. The molecule has 0 saturated carbocycles. The fraction of sp³-hybridized carbons (Fsp3) is 0.412. The largest absolute Gasteiger partial charge is 0.481 e.